The lowest BCUT2D eigenvalue weighted by Crippen LogP contribution is -2.39. The van der Waals surface area contributed by atoms with Crippen LogP contribution in [-0.4, -0.2) is 25.6 Å². The van der Waals surface area contributed by atoms with E-state index in [0.717, 1.165) is 19.3 Å². The zero-order valence-corrected chi connectivity index (χ0v) is 9.37. The summed E-state index contributed by atoms with van der Waals surface area (Å²) in [6, 6.07) is -0.0433. The number of halogens is 1. The molecule has 1 aliphatic rings. The van der Waals surface area contributed by atoms with Crippen LogP contribution in [0.5, 0.6) is 0 Å². The lowest BCUT2D eigenvalue weighted by Gasteiger charge is -2.15. The molecule has 0 saturated heterocycles. The van der Waals surface area contributed by atoms with Crippen molar-refractivity contribution in [2.75, 3.05) is 5.75 Å². The molecule has 1 rings (SSSR count). The first-order valence-electron chi connectivity index (χ1n) is 4.69. The van der Waals surface area contributed by atoms with Gasteiger partial charge in [-0.05, 0) is 19.3 Å². The summed E-state index contributed by atoms with van der Waals surface area (Å²) in [6.07, 6.45) is 3.46. The molecule has 1 fully saturated rings. The standard InChI is InChI=1S/C8H16ClNO2S/c1-2-6-13(11,12)10-8-5-3-4-7(8)9/h7-8,10H,2-6H2,1H3. The lowest BCUT2D eigenvalue weighted by molar-refractivity contribution is 0.552. The smallest absolute Gasteiger partial charge is 0.211 e. The first kappa shape index (κ1) is 11.3. The summed E-state index contributed by atoms with van der Waals surface area (Å²) in [5.74, 6) is 0.201. The molecule has 2 atom stereocenters. The van der Waals surface area contributed by atoms with E-state index in [1.807, 2.05) is 6.92 Å². The molecule has 0 amide bonds. The SMILES string of the molecule is CCCS(=O)(=O)NC1CCCC1Cl. The van der Waals surface area contributed by atoms with E-state index in [9.17, 15) is 8.42 Å². The van der Waals surface area contributed by atoms with Gasteiger partial charge in [0.1, 0.15) is 0 Å². The number of sulfonamides is 1. The van der Waals surface area contributed by atoms with Gasteiger partial charge in [0.15, 0.2) is 0 Å². The quantitative estimate of drug-likeness (QED) is 0.737. The van der Waals surface area contributed by atoms with Crippen LogP contribution < -0.4 is 4.72 Å². The van der Waals surface area contributed by atoms with Crippen molar-refractivity contribution >= 4 is 21.6 Å². The van der Waals surface area contributed by atoms with Crippen molar-refractivity contribution in [1.82, 2.24) is 4.72 Å². The van der Waals surface area contributed by atoms with E-state index < -0.39 is 10.0 Å². The Labute approximate surface area is 84.9 Å². The second kappa shape index (κ2) is 4.62. The van der Waals surface area contributed by atoms with Crippen molar-refractivity contribution in [1.29, 1.82) is 0 Å². The largest absolute Gasteiger partial charge is 0.212 e. The first-order chi connectivity index (χ1) is 6.05. The molecular formula is C8H16ClNO2S. The van der Waals surface area contributed by atoms with Crippen LogP contribution in [0.15, 0.2) is 0 Å². The van der Waals surface area contributed by atoms with Gasteiger partial charge in [-0.1, -0.05) is 13.3 Å². The van der Waals surface area contributed by atoms with Gasteiger partial charge < -0.3 is 0 Å². The molecule has 2 unspecified atom stereocenters. The van der Waals surface area contributed by atoms with E-state index in [1.165, 1.54) is 0 Å². The van der Waals surface area contributed by atoms with Crippen molar-refractivity contribution in [3.05, 3.63) is 0 Å². The minimum absolute atomic E-state index is 0.0216. The van der Waals surface area contributed by atoms with Gasteiger partial charge in [-0.15, -0.1) is 11.6 Å². The van der Waals surface area contributed by atoms with Gasteiger partial charge in [-0.25, -0.2) is 13.1 Å². The third-order valence-corrected chi connectivity index (χ3v) is 4.37. The van der Waals surface area contributed by atoms with Crippen LogP contribution in [-0.2, 0) is 10.0 Å². The van der Waals surface area contributed by atoms with Crippen molar-refractivity contribution < 1.29 is 8.42 Å². The van der Waals surface area contributed by atoms with Crippen LogP contribution in [0.2, 0.25) is 0 Å². The van der Waals surface area contributed by atoms with E-state index in [2.05, 4.69) is 4.72 Å². The van der Waals surface area contributed by atoms with Crippen molar-refractivity contribution in [3.8, 4) is 0 Å². The molecule has 0 spiro atoms. The van der Waals surface area contributed by atoms with Crippen molar-refractivity contribution in [2.24, 2.45) is 0 Å². The topological polar surface area (TPSA) is 46.2 Å². The van der Waals surface area contributed by atoms with E-state index in [0.29, 0.717) is 6.42 Å². The number of hydrogen-bond acceptors (Lipinski definition) is 2. The predicted octanol–water partition coefficient (Wildman–Crippen LogP) is 1.48. The number of nitrogens with one attached hydrogen (secondary N) is 1. The maximum atomic E-state index is 11.4. The predicted molar refractivity (Wildman–Crippen MR) is 54.5 cm³/mol. The highest BCUT2D eigenvalue weighted by Gasteiger charge is 2.28. The molecule has 5 heteroatoms. The molecule has 0 aromatic heterocycles. The van der Waals surface area contributed by atoms with Crippen LogP contribution in [0.25, 0.3) is 0 Å². The monoisotopic (exact) mass is 225 g/mol. The van der Waals surface area contributed by atoms with Gasteiger partial charge in [0.2, 0.25) is 10.0 Å². The molecule has 78 valence electrons. The lowest BCUT2D eigenvalue weighted by atomic mass is 10.3. The Morgan fingerprint density at radius 3 is 2.62 bits per heavy atom. The van der Waals surface area contributed by atoms with Gasteiger partial charge in [0.25, 0.3) is 0 Å². The molecule has 0 aromatic rings. The summed E-state index contributed by atoms with van der Waals surface area (Å²) in [7, 11) is -3.08. The van der Waals surface area contributed by atoms with E-state index in [1.54, 1.807) is 0 Å². The van der Waals surface area contributed by atoms with Crippen molar-refractivity contribution in [3.63, 3.8) is 0 Å². The molecule has 0 heterocycles. The van der Waals surface area contributed by atoms with Gasteiger partial charge in [0.05, 0.1) is 5.75 Å². The Hall–Kier alpha value is 0.200. The molecular weight excluding hydrogens is 210 g/mol. The highest BCUT2D eigenvalue weighted by Crippen LogP contribution is 2.24. The molecule has 1 aliphatic carbocycles. The summed E-state index contributed by atoms with van der Waals surface area (Å²) >= 11 is 5.96. The Bertz CT molecular complexity index is 253. The van der Waals surface area contributed by atoms with Gasteiger partial charge in [-0.2, -0.15) is 0 Å². The summed E-state index contributed by atoms with van der Waals surface area (Å²) < 4.78 is 25.4. The summed E-state index contributed by atoms with van der Waals surface area (Å²) in [5, 5.41) is -0.0216. The maximum absolute atomic E-state index is 11.4. The van der Waals surface area contributed by atoms with Crippen LogP contribution in [0.1, 0.15) is 32.6 Å². The molecule has 1 saturated carbocycles. The average molecular weight is 226 g/mol. The highest BCUT2D eigenvalue weighted by atomic mass is 35.5. The van der Waals surface area contributed by atoms with Crippen molar-refractivity contribution in [2.45, 2.75) is 44.0 Å². The summed E-state index contributed by atoms with van der Waals surface area (Å²) in [6.45, 7) is 1.85. The number of rotatable bonds is 4. The van der Waals surface area contributed by atoms with E-state index in [-0.39, 0.29) is 17.2 Å². The van der Waals surface area contributed by atoms with Gasteiger partial charge in [0, 0.05) is 11.4 Å². The first-order valence-corrected chi connectivity index (χ1v) is 6.78. The fraction of sp³-hybridized carbons (Fsp3) is 1.00. The minimum Gasteiger partial charge on any atom is -0.212 e. The molecule has 0 radical (unpaired) electrons. The average Bonchev–Trinajstić information content (AvgIpc) is 2.35. The Balaban J connectivity index is 2.47. The highest BCUT2D eigenvalue weighted by molar-refractivity contribution is 7.89. The molecule has 0 aromatic carbocycles. The van der Waals surface area contributed by atoms with Crippen LogP contribution >= 0.6 is 11.6 Å². The second-order valence-corrected chi connectivity index (χ2v) is 5.92. The zero-order chi connectivity index (χ0) is 9.90. The Kier molecular flexibility index (Phi) is 4.01. The number of alkyl halides is 1. The molecule has 3 nitrogen and oxygen atoms in total. The van der Waals surface area contributed by atoms with E-state index >= 15 is 0 Å². The fourth-order valence-electron chi connectivity index (χ4n) is 1.61. The fourth-order valence-corrected chi connectivity index (χ4v) is 3.42. The third kappa shape index (κ3) is 3.44. The third-order valence-electron chi connectivity index (χ3n) is 2.24. The molecule has 13 heavy (non-hydrogen) atoms. The van der Waals surface area contributed by atoms with Gasteiger partial charge in [-0.3, -0.25) is 0 Å². The normalized spacial score (nSPS) is 29.4. The molecule has 0 aliphatic heterocycles. The Morgan fingerprint density at radius 2 is 2.15 bits per heavy atom. The molecule has 1 N–H and O–H groups in total. The second-order valence-electron chi connectivity index (χ2n) is 3.49. The van der Waals surface area contributed by atoms with Crippen LogP contribution in [0.4, 0.5) is 0 Å². The summed E-state index contributed by atoms with van der Waals surface area (Å²) in [5.41, 5.74) is 0. The van der Waals surface area contributed by atoms with Gasteiger partial charge >= 0.3 is 0 Å². The molecule has 0 bridgehead atoms. The summed E-state index contributed by atoms with van der Waals surface area (Å²) in [4.78, 5) is 0. The maximum Gasteiger partial charge on any atom is 0.211 e. The van der Waals surface area contributed by atoms with Crippen LogP contribution in [0.3, 0.4) is 0 Å². The zero-order valence-electron chi connectivity index (χ0n) is 7.79. The minimum atomic E-state index is -3.08. The Morgan fingerprint density at radius 1 is 1.46 bits per heavy atom. The van der Waals surface area contributed by atoms with Crippen LogP contribution in [0, 0.1) is 0 Å². The van der Waals surface area contributed by atoms with E-state index in [4.69, 9.17) is 11.6 Å². The number of hydrogen-bond donors (Lipinski definition) is 1.